The van der Waals surface area contributed by atoms with Crippen molar-refractivity contribution in [2.24, 2.45) is 11.8 Å². The molecule has 1 saturated heterocycles. The first-order valence-corrected chi connectivity index (χ1v) is 7.37. The van der Waals surface area contributed by atoms with Gasteiger partial charge in [-0.3, -0.25) is 4.79 Å². The Kier molecular flexibility index (Phi) is 4.02. The normalized spacial score (nSPS) is 29.3. The highest BCUT2D eigenvalue weighted by molar-refractivity contribution is 5.73. The second-order valence-corrected chi connectivity index (χ2v) is 6.02. The molecule has 118 valence electrons. The number of aliphatic carboxylic acids is 1. The molecule has 3 unspecified atom stereocenters. The second-order valence-electron chi connectivity index (χ2n) is 6.02. The number of amides is 1. The number of nitrogens with one attached hydrogen (secondary N) is 1. The standard InChI is InChI=1S/C16H19NO5/c18-14(19)7-16(6-12-9-21-10-13(12)16)17-15(20)22-8-11-4-2-1-3-5-11/h1-5,12-13H,6-10H2,(H,17,20)(H,18,19). The molecule has 1 saturated carbocycles. The number of ether oxygens (including phenoxy) is 2. The fourth-order valence-electron chi connectivity index (χ4n) is 3.49. The molecule has 2 N–H and O–H groups in total. The lowest BCUT2D eigenvalue weighted by molar-refractivity contribution is -0.141. The lowest BCUT2D eigenvalue weighted by Crippen LogP contribution is -2.65. The number of alkyl carbamates (subject to hydrolysis) is 1. The van der Waals surface area contributed by atoms with Crippen LogP contribution in [0.25, 0.3) is 0 Å². The molecule has 3 rings (SSSR count). The van der Waals surface area contributed by atoms with Gasteiger partial charge in [0.05, 0.1) is 18.6 Å². The summed E-state index contributed by atoms with van der Waals surface area (Å²) >= 11 is 0. The Hall–Kier alpha value is -2.08. The van der Waals surface area contributed by atoms with Crippen molar-refractivity contribution in [2.75, 3.05) is 13.2 Å². The number of carbonyl (C=O) groups excluding carboxylic acids is 1. The zero-order chi connectivity index (χ0) is 15.6. The third-order valence-electron chi connectivity index (χ3n) is 4.57. The van der Waals surface area contributed by atoms with Gasteiger partial charge in [0.25, 0.3) is 0 Å². The van der Waals surface area contributed by atoms with Crippen LogP contribution in [0.1, 0.15) is 18.4 Å². The average molecular weight is 305 g/mol. The van der Waals surface area contributed by atoms with Crippen molar-refractivity contribution in [3.8, 4) is 0 Å². The highest BCUT2D eigenvalue weighted by Crippen LogP contribution is 2.49. The molecule has 1 aromatic rings. The summed E-state index contributed by atoms with van der Waals surface area (Å²) < 4.78 is 10.6. The Morgan fingerprint density at radius 1 is 1.32 bits per heavy atom. The van der Waals surface area contributed by atoms with Crippen molar-refractivity contribution >= 4 is 12.1 Å². The van der Waals surface area contributed by atoms with Gasteiger partial charge in [-0.05, 0) is 17.9 Å². The van der Waals surface area contributed by atoms with Gasteiger partial charge in [0.1, 0.15) is 6.61 Å². The number of carboxylic acids is 1. The fourth-order valence-corrected chi connectivity index (χ4v) is 3.49. The molecule has 1 aliphatic heterocycles. The van der Waals surface area contributed by atoms with E-state index >= 15 is 0 Å². The van der Waals surface area contributed by atoms with Crippen LogP contribution >= 0.6 is 0 Å². The molecule has 0 aromatic heterocycles. The quantitative estimate of drug-likeness (QED) is 0.866. The smallest absolute Gasteiger partial charge is 0.407 e. The van der Waals surface area contributed by atoms with Crippen LogP contribution in [0.2, 0.25) is 0 Å². The third kappa shape index (κ3) is 2.92. The summed E-state index contributed by atoms with van der Waals surface area (Å²) in [6.07, 6.45) is -0.0435. The van der Waals surface area contributed by atoms with E-state index in [1.165, 1.54) is 0 Å². The first kappa shape index (κ1) is 14.8. The van der Waals surface area contributed by atoms with Crippen molar-refractivity contribution in [3.05, 3.63) is 35.9 Å². The second kappa shape index (κ2) is 5.96. The van der Waals surface area contributed by atoms with Crippen molar-refractivity contribution in [1.82, 2.24) is 5.32 Å². The number of carboxylic acid groups (broad SMARTS) is 1. The number of benzene rings is 1. The molecule has 6 heteroatoms. The molecule has 1 amide bonds. The Morgan fingerprint density at radius 2 is 2.09 bits per heavy atom. The van der Waals surface area contributed by atoms with E-state index in [0.29, 0.717) is 25.6 Å². The number of fused-ring (bicyclic) bond motifs is 1. The first-order valence-electron chi connectivity index (χ1n) is 7.37. The van der Waals surface area contributed by atoms with Crippen molar-refractivity contribution in [3.63, 3.8) is 0 Å². The highest BCUT2D eigenvalue weighted by Gasteiger charge is 2.58. The summed E-state index contributed by atoms with van der Waals surface area (Å²) in [5, 5.41) is 11.9. The van der Waals surface area contributed by atoms with Crippen LogP contribution in [-0.4, -0.2) is 35.9 Å². The minimum atomic E-state index is -0.922. The molecular formula is C16H19NO5. The van der Waals surface area contributed by atoms with Gasteiger partial charge in [-0.2, -0.15) is 0 Å². The number of rotatable bonds is 5. The maximum atomic E-state index is 12.0. The van der Waals surface area contributed by atoms with E-state index in [-0.39, 0.29) is 18.9 Å². The molecule has 1 heterocycles. The van der Waals surface area contributed by atoms with Crippen molar-refractivity contribution in [1.29, 1.82) is 0 Å². The maximum absolute atomic E-state index is 12.0. The molecule has 2 fully saturated rings. The molecule has 0 bridgehead atoms. The molecule has 2 aliphatic rings. The molecular weight excluding hydrogens is 286 g/mol. The minimum absolute atomic E-state index is 0.0628. The van der Waals surface area contributed by atoms with E-state index in [2.05, 4.69) is 5.32 Å². The summed E-state index contributed by atoms with van der Waals surface area (Å²) in [5.41, 5.74) is 0.154. The van der Waals surface area contributed by atoms with Crippen LogP contribution < -0.4 is 5.32 Å². The molecule has 22 heavy (non-hydrogen) atoms. The van der Waals surface area contributed by atoms with Crippen molar-refractivity contribution < 1.29 is 24.2 Å². The number of hydrogen-bond acceptors (Lipinski definition) is 4. The highest BCUT2D eigenvalue weighted by atomic mass is 16.5. The first-order chi connectivity index (χ1) is 10.6. The van der Waals surface area contributed by atoms with Crippen LogP contribution in [0.3, 0.4) is 0 Å². The van der Waals surface area contributed by atoms with Gasteiger partial charge in [0, 0.05) is 12.5 Å². The summed E-state index contributed by atoms with van der Waals surface area (Å²) in [6, 6.07) is 9.36. The molecule has 1 aromatic carbocycles. The van der Waals surface area contributed by atoms with Gasteiger partial charge in [-0.1, -0.05) is 30.3 Å². The lowest BCUT2D eigenvalue weighted by atomic mass is 9.59. The lowest BCUT2D eigenvalue weighted by Gasteiger charge is -2.50. The predicted octanol–water partition coefficient (Wildman–Crippen LogP) is 1.79. The van der Waals surface area contributed by atoms with Gasteiger partial charge in [-0.15, -0.1) is 0 Å². The fraction of sp³-hybridized carbons (Fsp3) is 0.500. The van der Waals surface area contributed by atoms with Gasteiger partial charge >= 0.3 is 12.1 Å². The zero-order valence-corrected chi connectivity index (χ0v) is 12.2. The number of hydrogen-bond donors (Lipinski definition) is 2. The third-order valence-corrected chi connectivity index (χ3v) is 4.57. The minimum Gasteiger partial charge on any atom is -0.481 e. The monoisotopic (exact) mass is 305 g/mol. The largest absolute Gasteiger partial charge is 0.481 e. The summed E-state index contributed by atoms with van der Waals surface area (Å²) in [6.45, 7) is 1.31. The van der Waals surface area contributed by atoms with Crippen LogP contribution in [0, 0.1) is 11.8 Å². The van der Waals surface area contributed by atoms with Gasteiger partial charge in [0.15, 0.2) is 0 Å². The topological polar surface area (TPSA) is 84.9 Å². The zero-order valence-electron chi connectivity index (χ0n) is 12.2. The molecule has 6 nitrogen and oxygen atoms in total. The van der Waals surface area contributed by atoms with E-state index in [0.717, 1.165) is 5.56 Å². The van der Waals surface area contributed by atoms with Crippen LogP contribution in [0.15, 0.2) is 30.3 Å². The van der Waals surface area contributed by atoms with Crippen molar-refractivity contribution in [2.45, 2.75) is 25.0 Å². The van der Waals surface area contributed by atoms with E-state index in [9.17, 15) is 9.59 Å². The van der Waals surface area contributed by atoms with Crippen LogP contribution in [-0.2, 0) is 20.9 Å². The molecule has 0 radical (unpaired) electrons. The molecule has 3 atom stereocenters. The predicted molar refractivity (Wildman–Crippen MR) is 77.2 cm³/mol. The summed E-state index contributed by atoms with van der Waals surface area (Å²) in [5.74, 6) is -0.518. The van der Waals surface area contributed by atoms with Gasteiger partial charge < -0.3 is 19.9 Å². The summed E-state index contributed by atoms with van der Waals surface area (Å²) in [7, 11) is 0. The van der Waals surface area contributed by atoms with E-state index in [4.69, 9.17) is 14.6 Å². The average Bonchev–Trinajstić information content (AvgIpc) is 2.88. The Bertz CT molecular complexity index is 561. The van der Waals surface area contributed by atoms with E-state index in [1.54, 1.807) is 0 Å². The Balaban J connectivity index is 1.59. The maximum Gasteiger partial charge on any atom is 0.407 e. The van der Waals surface area contributed by atoms with E-state index in [1.807, 2.05) is 30.3 Å². The van der Waals surface area contributed by atoms with Gasteiger partial charge in [0.2, 0.25) is 0 Å². The summed E-state index contributed by atoms with van der Waals surface area (Å²) in [4.78, 5) is 23.2. The number of carbonyl (C=O) groups is 2. The van der Waals surface area contributed by atoms with Crippen LogP contribution in [0.5, 0.6) is 0 Å². The molecule has 0 spiro atoms. The Labute approximate surface area is 128 Å². The van der Waals surface area contributed by atoms with E-state index < -0.39 is 17.6 Å². The van der Waals surface area contributed by atoms with Gasteiger partial charge in [-0.25, -0.2) is 4.79 Å². The molecule has 1 aliphatic carbocycles. The SMILES string of the molecule is O=C(O)CC1(NC(=O)OCc2ccccc2)CC2COCC21. The van der Waals surface area contributed by atoms with Crippen LogP contribution in [0.4, 0.5) is 4.79 Å². The Morgan fingerprint density at radius 3 is 2.77 bits per heavy atom.